The summed E-state index contributed by atoms with van der Waals surface area (Å²) in [5.41, 5.74) is 9.15. The lowest BCUT2D eigenvalue weighted by Gasteiger charge is -2.16. The smallest absolute Gasteiger partial charge is 0.157 e. The second kappa shape index (κ2) is 17.4. The summed E-state index contributed by atoms with van der Waals surface area (Å²) in [6.07, 6.45) is 17.0. The van der Waals surface area contributed by atoms with E-state index < -0.39 is 0 Å². The molecule has 0 unspecified atom stereocenters. The number of aryl methyl sites for hydroxylation is 1. The molecule has 7 aromatic rings. The number of fused-ring (bicyclic) bond motifs is 8. The van der Waals surface area contributed by atoms with E-state index in [1.165, 1.54) is 69.2 Å². The summed E-state index contributed by atoms with van der Waals surface area (Å²) >= 11 is 3.62. The first kappa shape index (κ1) is 38.4. The van der Waals surface area contributed by atoms with Crippen LogP contribution in [0, 0.1) is 0 Å². The zero-order valence-electron chi connectivity index (χ0n) is 33.5. The molecule has 0 fully saturated rings. The fraction of sp³-hybridized carbons (Fsp3) is 0.130. The standard InChI is InChI=1S/C54H45N3S2/c1-4-16-41(32-42-31-40-19-8-13-25-51(40)59-42)53(56-35-37-17-6-5-7-18-37)57-54(55-3)43-20-14-15-30-58-52-29-27-39(33-49(52)36(43)2)38-26-28-48-46-23-10-9-21-44(46)45-22-11-12-24-47(45)50(48)34-38/h4-12,15-19,21-24,26-34H,3,13-14,20,25,35H2,1-2H3/b16-4-,30-15+,41-32+,43-36-,56-53?,57-54?. The zero-order valence-corrected chi connectivity index (χ0v) is 35.1. The number of allylic oxidation sites excluding steroid dienone is 4. The van der Waals surface area contributed by atoms with Crippen LogP contribution in [0.1, 0.15) is 59.6 Å². The zero-order chi connectivity index (χ0) is 40.1. The molecule has 1 aliphatic heterocycles. The Morgan fingerprint density at radius 2 is 1.41 bits per heavy atom. The molecule has 1 aromatic heterocycles. The van der Waals surface area contributed by atoms with Gasteiger partial charge in [0.2, 0.25) is 0 Å². The monoisotopic (exact) mass is 799 g/mol. The van der Waals surface area contributed by atoms with Gasteiger partial charge in [-0.15, -0.1) is 11.3 Å². The fourth-order valence-electron chi connectivity index (χ4n) is 8.30. The maximum Gasteiger partial charge on any atom is 0.157 e. The van der Waals surface area contributed by atoms with Gasteiger partial charge in [-0.05, 0) is 148 Å². The molecule has 0 atom stereocenters. The van der Waals surface area contributed by atoms with Gasteiger partial charge in [0.15, 0.2) is 11.7 Å². The molecule has 5 heteroatoms. The van der Waals surface area contributed by atoms with E-state index in [9.17, 15) is 0 Å². The van der Waals surface area contributed by atoms with Crippen molar-refractivity contribution < 1.29 is 0 Å². The van der Waals surface area contributed by atoms with Crippen molar-refractivity contribution in [3.63, 3.8) is 0 Å². The van der Waals surface area contributed by atoms with Crippen LogP contribution in [-0.4, -0.2) is 18.4 Å². The Hall–Kier alpha value is -6.14. The van der Waals surface area contributed by atoms with Gasteiger partial charge in [0, 0.05) is 25.8 Å². The van der Waals surface area contributed by atoms with Crippen molar-refractivity contribution >= 4 is 91.5 Å². The summed E-state index contributed by atoms with van der Waals surface area (Å²) in [6, 6.07) is 44.0. The molecule has 0 saturated carbocycles. The van der Waals surface area contributed by atoms with Crippen molar-refractivity contribution in [2.24, 2.45) is 15.0 Å². The number of thiophene rings is 1. The molecule has 0 radical (unpaired) electrons. The average Bonchev–Trinajstić information content (AvgIpc) is 3.73. The van der Waals surface area contributed by atoms with Gasteiger partial charge in [-0.3, -0.25) is 4.99 Å². The lowest BCUT2D eigenvalue weighted by molar-refractivity contribution is 1.01. The van der Waals surface area contributed by atoms with E-state index in [1.807, 2.05) is 24.3 Å². The highest BCUT2D eigenvalue weighted by atomic mass is 32.2. The van der Waals surface area contributed by atoms with Crippen LogP contribution in [0.3, 0.4) is 0 Å². The molecule has 59 heavy (non-hydrogen) atoms. The first-order valence-corrected chi connectivity index (χ1v) is 22.0. The van der Waals surface area contributed by atoms with E-state index in [4.69, 9.17) is 9.98 Å². The van der Waals surface area contributed by atoms with Crippen molar-refractivity contribution in [1.29, 1.82) is 0 Å². The minimum absolute atomic E-state index is 0.503. The van der Waals surface area contributed by atoms with Crippen molar-refractivity contribution in [2.75, 3.05) is 0 Å². The number of hydrogen-bond donors (Lipinski definition) is 0. The second-order valence-corrected chi connectivity index (χ2v) is 17.1. The largest absolute Gasteiger partial charge is 0.261 e. The van der Waals surface area contributed by atoms with E-state index in [2.05, 4.69) is 176 Å². The molecule has 0 amide bonds. The summed E-state index contributed by atoms with van der Waals surface area (Å²) in [7, 11) is 0. The van der Waals surface area contributed by atoms with Crippen LogP contribution in [0.15, 0.2) is 182 Å². The van der Waals surface area contributed by atoms with Gasteiger partial charge >= 0.3 is 0 Å². The van der Waals surface area contributed by atoms with Crippen molar-refractivity contribution in [3.8, 4) is 11.1 Å². The van der Waals surface area contributed by atoms with Gasteiger partial charge in [-0.1, -0.05) is 139 Å². The Labute approximate surface area is 355 Å². The Bertz CT molecular complexity index is 2930. The van der Waals surface area contributed by atoms with Crippen molar-refractivity contribution in [2.45, 2.75) is 51.0 Å². The Morgan fingerprint density at radius 3 is 2.14 bits per heavy atom. The van der Waals surface area contributed by atoms with Crippen LogP contribution in [0.5, 0.6) is 0 Å². The molecule has 0 bridgehead atoms. The Balaban J connectivity index is 1.17. The lowest BCUT2D eigenvalue weighted by atomic mass is 9.91. The highest BCUT2D eigenvalue weighted by Gasteiger charge is 2.19. The molecular weight excluding hydrogens is 755 g/mol. The molecule has 3 nitrogen and oxygen atoms in total. The van der Waals surface area contributed by atoms with Crippen LogP contribution < -0.4 is 0 Å². The molecule has 288 valence electrons. The minimum atomic E-state index is 0.503. The molecule has 2 heterocycles. The van der Waals surface area contributed by atoms with Gasteiger partial charge < -0.3 is 0 Å². The maximum atomic E-state index is 5.34. The number of benzene rings is 6. The average molecular weight is 800 g/mol. The number of thioether (sulfide) groups is 1. The third-order valence-corrected chi connectivity index (χ3v) is 13.3. The van der Waals surface area contributed by atoms with Gasteiger partial charge in [0.25, 0.3) is 0 Å². The summed E-state index contributed by atoms with van der Waals surface area (Å²) in [4.78, 5) is 19.0. The van der Waals surface area contributed by atoms with E-state index in [0.29, 0.717) is 18.2 Å². The van der Waals surface area contributed by atoms with Gasteiger partial charge in [-0.2, -0.15) is 0 Å². The quantitative estimate of drug-likeness (QED) is 0.0685. The summed E-state index contributed by atoms with van der Waals surface area (Å²) in [5.74, 6) is 1.25. The predicted octanol–water partition coefficient (Wildman–Crippen LogP) is 15.4. The van der Waals surface area contributed by atoms with Gasteiger partial charge in [-0.25, -0.2) is 9.98 Å². The van der Waals surface area contributed by atoms with E-state index in [0.717, 1.165) is 48.0 Å². The van der Waals surface area contributed by atoms with Crippen molar-refractivity contribution in [1.82, 2.24) is 0 Å². The Morgan fingerprint density at radius 1 is 0.729 bits per heavy atom. The maximum absolute atomic E-state index is 5.34. The van der Waals surface area contributed by atoms with E-state index in [-0.39, 0.29) is 0 Å². The molecular formula is C54H45N3S2. The van der Waals surface area contributed by atoms with Crippen LogP contribution in [-0.2, 0) is 13.0 Å². The van der Waals surface area contributed by atoms with E-state index >= 15 is 0 Å². The minimum Gasteiger partial charge on any atom is -0.261 e. The van der Waals surface area contributed by atoms with Gasteiger partial charge in [0.1, 0.15) is 0 Å². The first-order chi connectivity index (χ1) is 29.1. The third kappa shape index (κ3) is 8.01. The second-order valence-electron chi connectivity index (χ2n) is 15.0. The van der Waals surface area contributed by atoms with Crippen LogP contribution in [0.2, 0.25) is 0 Å². The molecule has 0 saturated heterocycles. The van der Waals surface area contributed by atoms with Crippen molar-refractivity contribution in [3.05, 3.63) is 189 Å². The molecule has 0 N–H and O–H groups in total. The van der Waals surface area contributed by atoms with Crippen LogP contribution in [0.25, 0.3) is 61.2 Å². The lowest BCUT2D eigenvalue weighted by Crippen LogP contribution is -2.09. The number of rotatable bonds is 7. The number of nitrogens with zero attached hydrogens (tertiary/aromatic N) is 3. The molecule has 6 aromatic carbocycles. The predicted molar refractivity (Wildman–Crippen MR) is 260 cm³/mol. The van der Waals surface area contributed by atoms with E-state index in [1.54, 1.807) is 11.8 Å². The molecule has 9 rings (SSSR count). The number of aliphatic imine (C=N–C) groups is 3. The van der Waals surface area contributed by atoms with Crippen LogP contribution >= 0.6 is 23.1 Å². The van der Waals surface area contributed by atoms with Gasteiger partial charge in [0.05, 0.1) is 6.54 Å². The summed E-state index contributed by atoms with van der Waals surface area (Å²) < 4.78 is 0. The fourth-order valence-corrected chi connectivity index (χ4v) is 10.3. The Kier molecular flexibility index (Phi) is 11.3. The highest BCUT2D eigenvalue weighted by molar-refractivity contribution is 8.02. The SMILES string of the molecule is C=NC(=NC(=NCc1ccccc1)C(/C=C\C)=C/c1cc2c(s1)CCC=C2)/C1=C(/C)c2cc(-c3ccc4c5ccccc5c5ccccc5c4c3)ccc2S/C=C/CC1. The van der Waals surface area contributed by atoms with Crippen LogP contribution in [0.4, 0.5) is 0 Å². The first-order valence-electron chi connectivity index (χ1n) is 20.4. The topological polar surface area (TPSA) is 37.1 Å². The highest BCUT2D eigenvalue weighted by Crippen LogP contribution is 2.40. The third-order valence-electron chi connectivity index (χ3n) is 11.3. The molecule has 2 aliphatic rings. The summed E-state index contributed by atoms with van der Waals surface area (Å²) in [5, 5.41) is 9.88. The summed E-state index contributed by atoms with van der Waals surface area (Å²) in [6.45, 7) is 8.88. The molecule has 1 aliphatic carbocycles. The number of amidine groups is 2. The normalized spacial score (nSPS) is 16.9. The molecule has 0 spiro atoms. The number of hydrogen-bond acceptors (Lipinski definition) is 3.